The molecule has 1 N–H and O–H groups in total. The zero-order chi connectivity index (χ0) is 10.5. The van der Waals surface area contributed by atoms with Gasteiger partial charge in [-0.05, 0) is 25.3 Å². The highest BCUT2D eigenvalue weighted by Crippen LogP contribution is 2.28. The van der Waals surface area contributed by atoms with Crippen molar-refractivity contribution in [3.8, 4) is 0 Å². The van der Waals surface area contributed by atoms with Crippen LogP contribution in [0.4, 0.5) is 13.2 Å². The molecule has 1 aliphatic rings. The van der Waals surface area contributed by atoms with E-state index in [2.05, 4.69) is 5.32 Å². The molecule has 4 heteroatoms. The lowest BCUT2D eigenvalue weighted by atomic mass is 9.94. The highest BCUT2D eigenvalue weighted by Gasteiger charge is 2.41. The Bertz CT molecular complexity index is 133. The minimum atomic E-state index is -4.06. The first-order valence-electron chi connectivity index (χ1n) is 4.80. The fourth-order valence-corrected chi connectivity index (χ4v) is 1.36. The molecule has 0 saturated carbocycles. The maximum atomic E-state index is 12.1. The highest BCUT2D eigenvalue weighted by molar-refractivity contribution is 4.81. The van der Waals surface area contributed by atoms with Gasteiger partial charge in [0.1, 0.15) is 6.04 Å². The average molecular weight is 197 g/mol. The summed E-state index contributed by atoms with van der Waals surface area (Å²) < 4.78 is 36.2. The Balaban J connectivity index is 0.000000671. The molecule has 1 rings (SSSR count). The van der Waals surface area contributed by atoms with E-state index in [9.17, 15) is 13.2 Å². The van der Waals surface area contributed by atoms with Crippen molar-refractivity contribution in [1.82, 2.24) is 5.32 Å². The summed E-state index contributed by atoms with van der Waals surface area (Å²) in [7, 11) is 0. The fraction of sp³-hybridized carbons (Fsp3) is 1.00. The van der Waals surface area contributed by atoms with Crippen molar-refractivity contribution in [3.05, 3.63) is 0 Å². The van der Waals surface area contributed by atoms with E-state index in [-0.39, 0.29) is 12.3 Å². The van der Waals surface area contributed by atoms with E-state index < -0.39 is 12.2 Å². The zero-order valence-electron chi connectivity index (χ0n) is 8.41. The molecule has 1 nitrogen and oxygen atoms in total. The van der Waals surface area contributed by atoms with Gasteiger partial charge in [0.05, 0.1) is 0 Å². The summed E-state index contributed by atoms with van der Waals surface area (Å²) in [5, 5.41) is 2.46. The van der Waals surface area contributed by atoms with Gasteiger partial charge in [-0.2, -0.15) is 13.2 Å². The number of alkyl halides is 3. The Morgan fingerprint density at radius 1 is 1.23 bits per heavy atom. The van der Waals surface area contributed by atoms with Gasteiger partial charge in [-0.15, -0.1) is 0 Å². The largest absolute Gasteiger partial charge is 0.403 e. The monoisotopic (exact) mass is 197 g/mol. The summed E-state index contributed by atoms with van der Waals surface area (Å²) in [6.45, 7) is 6.35. The molecule has 2 atom stereocenters. The summed E-state index contributed by atoms with van der Waals surface area (Å²) in [5.41, 5.74) is 0. The van der Waals surface area contributed by atoms with Crippen LogP contribution in [0.2, 0.25) is 0 Å². The van der Waals surface area contributed by atoms with Crippen LogP contribution in [0.5, 0.6) is 0 Å². The van der Waals surface area contributed by atoms with E-state index in [1.165, 1.54) is 0 Å². The standard InChI is InChI=1S/C7H12F3N.C2H6/c1-5-2-3-11-6(4-5)7(8,9)10;1-2/h5-6,11H,2-4H2,1H3;1-2H3. The molecule has 1 fully saturated rings. The molecule has 0 aromatic rings. The summed E-state index contributed by atoms with van der Waals surface area (Å²) >= 11 is 0. The summed E-state index contributed by atoms with van der Waals surface area (Å²) in [6.07, 6.45) is -2.98. The lowest BCUT2D eigenvalue weighted by molar-refractivity contribution is -0.163. The molecule has 0 radical (unpaired) electrons. The van der Waals surface area contributed by atoms with Crippen LogP contribution in [0.25, 0.3) is 0 Å². The van der Waals surface area contributed by atoms with E-state index in [0.717, 1.165) is 6.42 Å². The molecule has 2 unspecified atom stereocenters. The number of piperidine rings is 1. The Morgan fingerprint density at radius 2 is 1.77 bits per heavy atom. The minimum Gasteiger partial charge on any atom is -0.306 e. The quantitative estimate of drug-likeness (QED) is 0.629. The Morgan fingerprint density at radius 3 is 2.08 bits per heavy atom. The van der Waals surface area contributed by atoms with Crippen molar-refractivity contribution < 1.29 is 13.2 Å². The molecule has 13 heavy (non-hydrogen) atoms. The SMILES string of the molecule is CC.CC1CCNC(C(F)(F)F)C1. The molecule has 0 amide bonds. The normalized spacial score (nSPS) is 29.1. The molecule has 0 aliphatic carbocycles. The van der Waals surface area contributed by atoms with Crippen LogP contribution < -0.4 is 5.32 Å². The van der Waals surface area contributed by atoms with E-state index in [1.54, 1.807) is 0 Å². The fourth-order valence-electron chi connectivity index (χ4n) is 1.36. The maximum absolute atomic E-state index is 12.1. The molecule has 1 saturated heterocycles. The smallest absolute Gasteiger partial charge is 0.306 e. The van der Waals surface area contributed by atoms with Crippen molar-refractivity contribution in [2.45, 2.75) is 45.8 Å². The van der Waals surface area contributed by atoms with Gasteiger partial charge in [0.2, 0.25) is 0 Å². The first-order chi connectivity index (χ1) is 6.00. The van der Waals surface area contributed by atoms with Gasteiger partial charge < -0.3 is 5.32 Å². The second kappa shape index (κ2) is 5.47. The third kappa shape index (κ3) is 4.50. The first kappa shape index (κ1) is 12.8. The second-order valence-corrected chi connectivity index (χ2v) is 3.18. The Kier molecular flexibility index (Phi) is 5.37. The molecule has 0 spiro atoms. The third-order valence-corrected chi connectivity index (χ3v) is 2.06. The van der Waals surface area contributed by atoms with Crippen molar-refractivity contribution in [2.75, 3.05) is 6.54 Å². The molecule has 0 bridgehead atoms. The van der Waals surface area contributed by atoms with E-state index in [4.69, 9.17) is 0 Å². The van der Waals surface area contributed by atoms with Gasteiger partial charge in [0, 0.05) is 0 Å². The average Bonchev–Trinajstić information content (AvgIpc) is 2.06. The van der Waals surface area contributed by atoms with Crippen molar-refractivity contribution in [2.24, 2.45) is 5.92 Å². The van der Waals surface area contributed by atoms with Gasteiger partial charge >= 0.3 is 6.18 Å². The number of hydrogen-bond acceptors (Lipinski definition) is 1. The van der Waals surface area contributed by atoms with Gasteiger partial charge in [0.15, 0.2) is 0 Å². The van der Waals surface area contributed by atoms with Gasteiger partial charge in [-0.1, -0.05) is 20.8 Å². The number of nitrogens with one attached hydrogen (secondary N) is 1. The number of hydrogen-bond donors (Lipinski definition) is 1. The predicted molar refractivity (Wildman–Crippen MR) is 47.6 cm³/mol. The third-order valence-electron chi connectivity index (χ3n) is 2.06. The minimum absolute atomic E-state index is 0.197. The van der Waals surface area contributed by atoms with Crippen LogP contribution in [-0.4, -0.2) is 18.8 Å². The zero-order valence-corrected chi connectivity index (χ0v) is 8.41. The number of rotatable bonds is 0. The molecule has 0 aromatic carbocycles. The van der Waals surface area contributed by atoms with Gasteiger partial charge in [0.25, 0.3) is 0 Å². The second-order valence-electron chi connectivity index (χ2n) is 3.18. The highest BCUT2D eigenvalue weighted by atomic mass is 19.4. The van der Waals surface area contributed by atoms with Crippen LogP contribution in [0.1, 0.15) is 33.6 Å². The summed E-state index contributed by atoms with van der Waals surface area (Å²) in [5.74, 6) is 0.197. The van der Waals surface area contributed by atoms with E-state index in [0.29, 0.717) is 6.54 Å². The molecular weight excluding hydrogens is 179 g/mol. The molecular formula is C9H18F3N. The van der Waals surface area contributed by atoms with Crippen LogP contribution in [0, 0.1) is 5.92 Å². The predicted octanol–water partition coefficient (Wildman–Crippen LogP) is 2.96. The Hall–Kier alpha value is -0.250. The van der Waals surface area contributed by atoms with Gasteiger partial charge in [-0.25, -0.2) is 0 Å². The summed E-state index contributed by atoms with van der Waals surface area (Å²) in [6, 6.07) is -1.27. The van der Waals surface area contributed by atoms with Crippen molar-refractivity contribution >= 4 is 0 Å². The van der Waals surface area contributed by atoms with Crippen molar-refractivity contribution in [1.29, 1.82) is 0 Å². The van der Waals surface area contributed by atoms with Crippen LogP contribution in [-0.2, 0) is 0 Å². The summed E-state index contributed by atoms with van der Waals surface area (Å²) in [4.78, 5) is 0. The maximum Gasteiger partial charge on any atom is 0.403 e. The first-order valence-corrected chi connectivity index (χ1v) is 4.80. The molecule has 1 heterocycles. The van der Waals surface area contributed by atoms with Crippen LogP contribution in [0.15, 0.2) is 0 Å². The van der Waals surface area contributed by atoms with Gasteiger partial charge in [-0.3, -0.25) is 0 Å². The lowest BCUT2D eigenvalue weighted by Crippen LogP contribution is -2.47. The lowest BCUT2D eigenvalue weighted by Gasteiger charge is -2.29. The Labute approximate surface area is 77.7 Å². The molecule has 1 aliphatic heterocycles. The van der Waals surface area contributed by atoms with E-state index in [1.807, 2.05) is 20.8 Å². The van der Waals surface area contributed by atoms with E-state index >= 15 is 0 Å². The molecule has 0 aromatic heterocycles. The topological polar surface area (TPSA) is 12.0 Å². The molecule has 80 valence electrons. The number of halogens is 3. The van der Waals surface area contributed by atoms with Crippen LogP contribution >= 0.6 is 0 Å². The van der Waals surface area contributed by atoms with Crippen molar-refractivity contribution in [3.63, 3.8) is 0 Å². The van der Waals surface area contributed by atoms with Crippen LogP contribution in [0.3, 0.4) is 0 Å².